The molecule has 0 radical (unpaired) electrons. The maximum atomic E-state index is 12.1. The monoisotopic (exact) mass is 381 g/mol. The highest BCUT2D eigenvalue weighted by Gasteiger charge is 2.13. The second-order valence-electron chi connectivity index (χ2n) is 5.06. The first-order chi connectivity index (χ1) is 11.5. The van der Waals surface area contributed by atoms with Gasteiger partial charge in [0.15, 0.2) is 6.61 Å². The van der Waals surface area contributed by atoms with Gasteiger partial charge < -0.3 is 10.1 Å². The van der Waals surface area contributed by atoms with Crippen LogP contribution in [0.5, 0.6) is 5.88 Å². The van der Waals surface area contributed by atoms with Crippen LogP contribution in [0.1, 0.15) is 17.8 Å². The quantitative estimate of drug-likeness (QED) is 0.717. The van der Waals surface area contributed by atoms with Crippen LogP contribution in [-0.4, -0.2) is 22.5 Å². The van der Waals surface area contributed by atoms with Crippen LogP contribution in [-0.2, 0) is 4.79 Å². The molecule has 1 atom stereocenters. The predicted molar refractivity (Wildman–Crippen MR) is 95.9 cm³/mol. The molecule has 24 heavy (non-hydrogen) atoms. The van der Waals surface area contributed by atoms with Crippen LogP contribution in [0.4, 0.5) is 0 Å². The zero-order valence-corrected chi connectivity index (χ0v) is 15.0. The first kappa shape index (κ1) is 17.0. The van der Waals surface area contributed by atoms with Crippen LogP contribution in [0.3, 0.4) is 0 Å². The van der Waals surface area contributed by atoms with Gasteiger partial charge >= 0.3 is 0 Å². The minimum Gasteiger partial charge on any atom is -0.467 e. The molecule has 0 aliphatic heterocycles. The molecule has 8 heteroatoms. The number of aromatic nitrogens is 2. The van der Waals surface area contributed by atoms with E-state index in [4.69, 9.17) is 27.9 Å². The molecular formula is C16H13Cl2N3O2S. The summed E-state index contributed by atoms with van der Waals surface area (Å²) in [6, 6.07) is 7.09. The largest absolute Gasteiger partial charge is 0.467 e. The van der Waals surface area contributed by atoms with Crippen molar-refractivity contribution >= 4 is 51.3 Å². The minimum absolute atomic E-state index is 0.0767. The third-order valence-electron chi connectivity index (χ3n) is 3.31. The second-order valence-corrected chi connectivity index (χ2v) is 6.88. The van der Waals surface area contributed by atoms with E-state index in [0.29, 0.717) is 20.9 Å². The van der Waals surface area contributed by atoms with Gasteiger partial charge in [-0.25, -0.2) is 9.97 Å². The smallest absolute Gasteiger partial charge is 0.258 e. The molecular weight excluding hydrogens is 369 g/mol. The lowest BCUT2D eigenvalue weighted by atomic mass is 10.2. The Balaban J connectivity index is 1.70. The SMILES string of the molecule is CC(NC(=O)COc1ncnc2c(Cl)cc(Cl)cc12)c1cccs1. The molecule has 0 aliphatic rings. The number of fused-ring (bicyclic) bond motifs is 1. The van der Waals surface area contributed by atoms with E-state index in [9.17, 15) is 4.79 Å². The molecule has 0 bridgehead atoms. The first-order valence-electron chi connectivity index (χ1n) is 7.10. The summed E-state index contributed by atoms with van der Waals surface area (Å²) >= 11 is 13.7. The summed E-state index contributed by atoms with van der Waals surface area (Å²) < 4.78 is 5.53. The molecule has 5 nitrogen and oxygen atoms in total. The zero-order chi connectivity index (χ0) is 17.1. The molecule has 3 rings (SSSR count). The minimum atomic E-state index is -0.240. The van der Waals surface area contributed by atoms with Crippen molar-refractivity contribution in [3.05, 3.63) is 50.9 Å². The molecule has 1 N–H and O–H groups in total. The topological polar surface area (TPSA) is 64.1 Å². The Morgan fingerprint density at radius 2 is 2.21 bits per heavy atom. The second kappa shape index (κ2) is 7.34. The van der Waals surface area contributed by atoms with Crippen LogP contribution in [0, 0.1) is 0 Å². The molecule has 1 amide bonds. The molecule has 124 valence electrons. The third-order valence-corrected chi connectivity index (χ3v) is 4.87. The summed E-state index contributed by atoms with van der Waals surface area (Å²) in [4.78, 5) is 21.3. The van der Waals surface area contributed by atoms with Crippen LogP contribution in [0.15, 0.2) is 36.0 Å². The maximum absolute atomic E-state index is 12.1. The number of amides is 1. The number of carbonyl (C=O) groups is 1. The Bertz CT molecular complexity index is 871. The summed E-state index contributed by atoms with van der Waals surface area (Å²) in [5, 5.41) is 6.26. The Kier molecular flexibility index (Phi) is 5.18. The van der Waals surface area contributed by atoms with E-state index in [1.165, 1.54) is 6.33 Å². The standard InChI is InChI=1S/C16H13Cl2N3O2S/c1-9(13-3-2-4-24-13)21-14(22)7-23-16-11-5-10(17)6-12(18)15(11)19-8-20-16/h2-6,8-9H,7H2,1H3,(H,21,22). The molecule has 1 aromatic carbocycles. The fourth-order valence-corrected chi connectivity index (χ4v) is 3.49. The average molecular weight is 382 g/mol. The number of ether oxygens (including phenoxy) is 1. The highest BCUT2D eigenvalue weighted by Crippen LogP contribution is 2.30. The number of hydrogen-bond acceptors (Lipinski definition) is 5. The normalized spacial score (nSPS) is 12.1. The number of nitrogens with one attached hydrogen (secondary N) is 1. The molecule has 2 aromatic heterocycles. The van der Waals surface area contributed by atoms with Gasteiger partial charge in [0.25, 0.3) is 5.91 Å². The van der Waals surface area contributed by atoms with Crippen LogP contribution in [0.25, 0.3) is 10.9 Å². The van der Waals surface area contributed by atoms with Crippen LogP contribution >= 0.6 is 34.5 Å². The highest BCUT2D eigenvalue weighted by atomic mass is 35.5. The number of thiophene rings is 1. The van der Waals surface area contributed by atoms with Gasteiger partial charge in [-0.2, -0.15) is 0 Å². The van der Waals surface area contributed by atoms with E-state index in [-0.39, 0.29) is 24.4 Å². The fraction of sp³-hybridized carbons (Fsp3) is 0.188. The van der Waals surface area contributed by atoms with Crippen molar-refractivity contribution in [1.29, 1.82) is 0 Å². The molecule has 0 aliphatic carbocycles. The Morgan fingerprint density at radius 3 is 2.96 bits per heavy atom. The molecule has 0 saturated carbocycles. The van der Waals surface area contributed by atoms with E-state index in [2.05, 4.69) is 15.3 Å². The molecule has 1 unspecified atom stereocenters. The van der Waals surface area contributed by atoms with Crippen molar-refractivity contribution in [3.8, 4) is 5.88 Å². The Hall–Kier alpha value is -1.89. The number of nitrogens with zero attached hydrogens (tertiary/aromatic N) is 2. The van der Waals surface area contributed by atoms with Crippen LogP contribution < -0.4 is 10.1 Å². The van der Waals surface area contributed by atoms with Gasteiger partial charge in [-0.15, -0.1) is 11.3 Å². The van der Waals surface area contributed by atoms with Gasteiger partial charge in [-0.3, -0.25) is 4.79 Å². The lowest BCUT2D eigenvalue weighted by Gasteiger charge is -2.13. The summed E-state index contributed by atoms with van der Waals surface area (Å²) in [5.41, 5.74) is 0.526. The lowest BCUT2D eigenvalue weighted by Crippen LogP contribution is -2.31. The molecule has 2 heterocycles. The van der Waals surface area contributed by atoms with Crippen molar-refractivity contribution in [3.63, 3.8) is 0 Å². The van der Waals surface area contributed by atoms with Gasteiger partial charge in [0.2, 0.25) is 5.88 Å². The van der Waals surface area contributed by atoms with Crippen molar-refractivity contribution in [2.75, 3.05) is 6.61 Å². The summed E-state index contributed by atoms with van der Waals surface area (Å²) in [6.07, 6.45) is 1.34. The van der Waals surface area contributed by atoms with Crippen LogP contribution in [0.2, 0.25) is 10.0 Å². The highest BCUT2D eigenvalue weighted by molar-refractivity contribution is 7.10. The van der Waals surface area contributed by atoms with E-state index in [1.807, 2.05) is 24.4 Å². The molecule has 0 spiro atoms. The van der Waals surface area contributed by atoms with E-state index >= 15 is 0 Å². The van der Waals surface area contributed by atoms with E-state index < -0.39 is 0 Å². The first-order valence-corrected chi connectivity index (χ1v) is 8.73. The van der Waals surface area contributed by atoms with Gasteiger partial charge in [-0.1, -0.05) is 29.3 Å². The number of rotatable bonds is 5. The van der Waals surface area contributed by atoms with Crippen molar-refractivity contribution < 1.29 is 9.53 Å². The van der Waals surface area contributed by atoms with E-state index in [0.717, 1.165) is 4.88 Å². The molecule has 0 fully saturated rings. The summed E-state index contributed by atoms with van der Waals surface area (Å²) in [7, 11) is 0. The predicted octanol–water partition coefficient (Wildman–Crippen LogP) is 4.25. The number of halogens is 2. The van der Waals surface area contributed by atoms with Gasteiger partial charge in [0.05, 0.1) is 22.0 Å². The van der Waals surface area contributed by atoms with Gasteiger partial charge in [0.1, 0.15) is 6.33 Å². The average Bonchev–Trinajstić information content (AvgIpc) is 3.07. The van der Waals surface area contributed by atoms with Crippen molar-refractivity contribution in [2.45, 2.75) is 13.0 Å². The summed E-state index contributed by atoms with van der Waals surface area (Å²) in [5.74, 6) is 0.0270. The van der Waals surface area contributed by atoms with Gasteiger partial charge in [-0.05, 0) is 30.5 Å². The van der Waals surface area contributed by atoms with E-state index in [1.54, 1.807) is 23.5 Å². The van der Waals surface area contributed by atoms with Crippen molar-refractivity contribution in [2.24, 2.45) is 0 Å². The number of hydrogen-bond donors (Lipinski definition) is 1. The fourth-order valence-electron chi connectivity index (χ4n) is 2.21. The lowest BCUT2D eigenvalue weighted by molar-refractivity contribution is -0.123. The molecule has 3 aromatic rings. The summed E-state index contributed by atoms with van der Waals surface area (Å²) in [6.45, 7) is 1.76. The Labute approximate surface area is 152 Å². The number of carbonyl (C=O) groups excluding carboxylic acids is 1. The van der Waals surface area contributed by atoms with Crippen molar-refractivity contribution in [1.82, 2.24) is 15.3 Å². The zero-order valence-electron chi connectivity index (χ0n) is 12.6. The Morgan fingerprint density at radius 1 is 1.38 bits per heavy atom. The number of benzene rings is 1. The van der Waals surface area contributed by atoms with Gasteiger partial charge in [0, 0.05) is 9.90 Å². The third kappa shape index (κ3) is 3.77. The maximum Gasteiger partial charge on any atom is 0.258 e. The molecule has 0 saturated heterocycles.